The lowest BCUT2D eigenvalue weighted by atomic mass is 9.95. The summed E-state index contributed by atoms with van der Waals surface area (Å²) in [5.74, 6) is -0.608. The van der Waals surface area contributed by atoms with Crippen molar-refractivity contribution < 1.29 is 38.4 Å². The lowest BCUT2D eigenvalue weighted by Crippen LogP contribution is -2.69. The van der Waals surface area contributed by atoms with Gasteiger partial charge in [0.1, 0.15) is 30.6 Å². The van der Waals surface area contributed by atoms with Crippen molar-refractivity contribution in [1.29, 1.82) is 0 Å². The average Bonchev–Trinajstić information content (AvgIpc) is 2.65. The molecular formula is C19H25NO8. The Hall–Kier alpha value is -2.20. The zero-order chi connectivity index (χ0) is 20.5. The highest BCUT2D eigenvalue weighted by Gasteiger charge is 2.52. The number of rotatable bonds is 5. The van der Waals surface area contributed by atoms with Crippen LogP contribution in [-0.4, -0.2) is 67.4 Å². The van der Waals surface area contributed by atoms with Crippen LogP contribution in [0.5, 0.6) is 11.5 Å². The number of methoxy groups -OCH3 is 1. The minimum absolute atomic E-state index is 0.197. The quantitative estimate of drug-likeness (QED) is 0.698. The van der Waals surface area contributed by atoms with Gasteiger partial charge in [-0.2, -0.15) is 0 Å². The number of benzene rings is 1. The highest BCUT2D eigenvalue weighted by atomic mass is 16.8. The fraction of sp³-hybridized carbons (Fsp3) is 0.579. The van der Waals surface area contributed by atoms with E-state index in [-0.39, 0.29) is 12.5 Å². The van der Waals surface area contributed by atoms with Gasteiger partial charge in [-0.25, -0.2) is 0 Å². The molecule has 0 bridgehead atoms. The molecule has 2 aliphatic rings. The van der Waals surface area contributed by atoms with Gasteiger partial charge >= 0.3 is 0 Å². The number of carbonyl (C=O) groups is 2. The molecule has 0 radical (unpaired) electrons. The molecule has 2 saturated heterocycles. The van der Waals surface area contributed by atoms with E-state index in [1.807, 2.05) is 0 Å². The van der Waals surface area contributed by atoms with Gasteiger partial charge in [-0.05, 0) is 32.0 Å². The van der Waals surface area contributed by atoms with E-state index >= 15 is 0 Å². The number of carbonyl (C=O) groups excluding carboxylic acids is 2. The molecule has 2 fully saturated rings. The SMILES string of the molecule is COc1cc(C=O)ccc1O[C@@H]1O[C@@H]2COC(C)(C)O[C@H]2[C@H](O)[C@H]1NC(C)=O. The molecular weight excluding hydrogens is 370 g/mol. The number of aldehydes is 1. The van der Waals surface area contributed by atoms with Crippen LogP contribution in [-0.2, 0) is 19.0 Å². The van der Waals surface area contributed by atoms with E-state index in [0.29, 0.717) is 23.3 Å². The van der Waals surface area contributed by atoms with Crippen molar-refractivity contribution >= 4 is 12.2 Å². The van der Waals surface area contributed by atoms with Gasteiger partial charge in [0.25, 0.3) is 0 Å². The number of aliphatic hydroxyl groups is 1. The summed E-state index contributed by atoms with van der Waals surface area (Å²) in [4.78, 5) is 22.7. The molecule has 0 spiro atoms. The summed E-state index contributed by atoms with van der Waals surface area (Å²) >= 11 is 0. The lowest BCUT2D eigenvalue weighted by Gasteiger charge is -2.49. The maximum Gasteiger partial charge on any atom is 0.223 e. The van der Waals surface area contributed by atoms with Gasteiger partial charge in [0.15, 0.2) is 17.3 Å². The first-order valence-electron chi connectivity index (χ1n) is 8.96. The molecule has 0 unspecified atom stereocenters. The standard InChI is InChI=1S/C19H25NO8/c1-10(22)20-15-16(23)17-14(9-25-19(2,3)28-17)27-18(15)26-12-6-5-11(8-21)7-13(12)24-4/h5-8,14-18,23H,9H2,1-4H3,(H,20,22)/t14-,15-,16-,17-,18-/m1/s1. The van der Waals surface area contributed by atoms with E-state index in [1.54, 1.807) is 26.0 Å². The molecule has 9 nitrogen and oxygen atoms in total. The predicted molar refractivity (Wildman–Crippen MR) is 96.2 cm³/mol. The summed E-state index contributed by atoms with van der Waals surface area (Å²) < 4.78 is 28.6. The highest BCUT2D eigenvalue weighted by Crippen LogP contribution is 2.35. The van der Waals surface area contributed by atoms with Crippen LogP contribution in [0.4, 0.5) is 0 Å². The third-order valence-electron chi connectivity index (χ3n) is 4.63. The Labute approximate surface area is 162 Å². The molecule has 154 valence electrons. The van der Waals surface area contributed by atoms with E-state index in [9.17, 15) is 14.7 Å². The molecule has 2 heterocycles. The average molecular weight is 395 g/mol. The molecule has 28 heavy (non-hydrogen) atoms. The molecule has 1 amide bonds. The largest absolute Gasteiger partial charge is 0.493 e. The Bertz CT molecular complexity index is 737. The molecule has 3 rings (SSSR count). The molecule has 1 aromatic rings. The fourth-order valence-corrected chi connectivity index (χ4v) is 3.31. The number of aliphatic hydroxyl groups excluding tert-OH is 1. The van der Waals surface area contributed by atoms with Crippen molar-refractivity contribution in [2.45, 2.75) is 57.2 Å². The Morgan fingerprint density at radius 2 is 2.11 bits per heavy atom. The van der Waals surface area contributed by atoms with Crippen molar-refractivity contribution in [3.05, 3.63) is 23.8 Å². The number of hydrogen-bond donors (Lipinski definition) is 2. The monoisotopic (exact) mass is 395 g/mol. The molecule has 0 aromatic heterocycles. The van der Waals surface area contributed by atoms with Crippen molar-refractivity contribution in [2.24, 2.45) is 0 Å². The van der Waals surface area contributed by atoms with E-state index in [1.165, 1.54) is 20.1 Å². The first-order chi connectivity index (χ1) is 13.2. The maximum atomic E-state index is 11.7. The van der Waals surface area contributed by atoms with Crippen LogP contribution < -0.4 is 14.8 Å². The Balaban J connectivity index is 1.86. The zero-order valence-corrected chi connectivity index (χ0v) is 16.2. The minimum Gasteiger partial charge on any atom is -0.493 e. The Morgan fingerprint density at radius 1 is 1.36 bits per heavy atom. The summed E-state index contributed by atoms with van der Waals surface area (Å²) in [6, 6.07) is 3.76. The second-order valence-corrected chi connectivity index (χ2v) is 7.20. The van der Waals surface area contributed by atoms with Gasteiger partial charge in [-0.15, -0.1) is 0 Å². The second-order valence-electron chi connectivity index (χ2n) is 7.20. The smallest absolute Gasteiger partial charge is 0.223 e. The van der Waals surface area contributed by atoms with E-state index < -0.39 is 36.4 Å². The molecule has 2 aliphatic heterocycles. The summed E-state index contributed by atoms with van der Waals surface area (Å²) in [7, 11) is 1.44. The first-order valence-corrected chi connectivity index (χ1v) is 8.96. The summed E-state index contributed by atoms with van der Waals surface area (Å²) in [5, 5.41) is 13.5. The third-order valence-corrected chi connectivity index (χ3v) is 4.63. The van der Waals surface area contributed by atoms with Gasteiger partial charge in [0, 0.05) is 12.5 Å². The molecule has 5 atom stereocenters. The Kier molecular flexibility index (Phi) is 5.90. The van der Waals surface area contributed by atoms with Crippen molar-refractivity contribution in [3.8, 4) is 11.5 Å². The molecule has 1 aromatic carbocycles. The van der Waals surface area contributed by atoms with E-state index in [2.05, 4.69) is 5.32 Å². The van der Waals surface area contributed by atoms with Crippen molar-refractivity contribution in [3.63, 3.8) is 0 Å². The summed E-state index contributed by atoms with van der Waals surface area (Å²) in [5.41, 5.74) is 0.420. The van der Waals surface area contributed by atoms with E-state index in [4.69, 9.17) is 23.7 Å². The van der Waals surface area contributed by atoms with Gasteiger partial charge in [-0.3, -0.25) is 9.59 Å². The van der Waals surface area contributed by atoms with Crippen LogP contribution in [0.3, 0.4) is 0 Å². The normalized spacial score (nSPS) is 31.4. The zero-order valence-electron chi connectivity index (χ0n) is 16.2. The number of ether oxygens (including phenoxy) is 5. The topological polar surface area (TPSA) is 113 Å². The Morgan fingerprint density at radius 3 is 2.75 bits per heavy atom. The van der Waals surface area contributed by atoms with Gasteiger partial charge in [0.05, 0.1) is 13.7 Å². The molecule has 2 N–H and O–H groups in total. The number of nitrogens with one attached hydrogen (secondary N) is 1. The van der Waals surface area contributed by atoms with Crippen LogP contribution >= 0.6 is 0 Å². The number of hydrogen-bond acceptors (Lipinski definition) is 8. The van der Waals surface area contributed by atoms with Crippen LogP contribution in [0.25, 0.3) is 0 Å². The van der Waals surface area contributed by atoms with Crippen molar-refractivity contribution in [2.75, 3.05) is 13.7 Å². The van der Waals surface area contributed by atoms with Crippen LogP contribution in [0.2, 0.25) is 0 Å². The highest BCUT2D eigenvalue weighted by molar-refractivity contribution is 5.76. The summed E-state index contributed by atoms with van der Waals surface area (Å²) in [6.07, 6.45) is -2.70. The van der Waals surface area contributed by atoms with Gasteiger partial charge < -0.3 is 34.1 Å². The lowest BCUT2D eigenvalue weighted by molar-refractivity contribution is -0.361. The third kappa shape index (κ3) is 4.27. The van der Waals surface area contributed by atoms with Gasteiger partial charge in [0.2, 0.25) is 12.2 Å². The molecule has 0 saturated carbocycles. The molecule has 9 heteroatoms. The van der Waals surface area contributed by atoms with Crippen LogP contribution in [0.15, 0.2) is 18.2 Å². The molecule has 0 aliphatic carbocycles. The summed E-state index contributed by atoms with van der Waals surface area (Å²) in [6.45, 7) is 5.02. The van der Waals surface area contributed by atoms with Crippen molar-refractivity contribution in [1.82, 2.24) is 5.32 Å². The van der Waals surface area contributed by atoms with E-state index in [0.717, 1.165) is 0 Å². The number of amides is 1. The fourth-order valence-electron chi connectivity index (χ4n) is 3.31. The predicted octanol–water partition coefficient (Wildman–Crippen LogP) is 0.628. The maximum absolute atomic E-state index is 11.7. The first kappa shape index (κ1) is 20.5. The van der Waals surface area contributed by atoms with Crippen LogP contribution in [0, 0.1) is 0 Å². The van der Waals surface area contributed by atoms with Gasteiger partial charge in [-0.1, -0.05) is 0 Å². The number of fused-ring (bicyclic) bond motifs is 1. The minimum atomic E-state index is -1.09. The second kappa shape index (κ2) is 8.04. The van der Waals surface area contributed by atoms with Crippen LogP contribution in [0.1, 0.15) is 31.1 Å².